The quantitative estimate of drug-likeness (QED) is 0.700. The van der Waals surface area contributed by atoms with E-state index in [4.69, 9.17) is 0 Å². The minimum absolute atomic E-state index is 0.0701. The molecule has 0 aliphatic carbocycles. The summed E-state index contributed by atoms with van der Waals surface area (Å²) in [6, 6.07) is 18.1. The van der Waals surface area contributed by atoms with Crippen LogP contribution in [0.5, 0.6) is 0 Å². The van der Waals surface area contributed by atoms with Gasteiger partial charge in [0.05, 0.1) is 11.0 Å². The number of hydrogen-bond acceptors (Lipinski definition) is 1. The van der Waals surface area contributed by atoms with Gasteiger partial charge in [0, 0.05) is 13.1 Å². The Labute approximate surface area is 130 Å². The molecule has 112 valence electrons. The number of rotatable bonds is 5. The Hall–Kier alpha value is -2.55. The maximum absolute atomic E-state index is 12.6. The van der Waals surface area contributed by atoms with Crippen molar-refractivity contribution in [2.24, 2.45) is 0 Å². The van der Waals surface area contributed by atoms with Crippen molar-refractivity contribution in [1.29, 1.82) is 0 Å². The Morgan fingerprint density at radius 2 is 1.55 bits per heavy atom. The van der Waals surface area contributed by atoms with Crippen LogP contribution in [0.25, 0.3) is 17.1 Å². The van der Waals surface area contributed by atoms with Crippen molar-refractivity contribution in [1.82, 2.24) is 9.13 Å². The van der Waals surface area contributed by atoms with Crippen LogP contribution in [0.15, 0.2) is 65.5 Å². The first-order valence-electron chi connectivity index (χ1n) is 7.71. The first-order chi connectivity index (χ1) is 10.8. The molecule has 0 spiro atoms. The molecule has 0 saturated heterocycles. The van der Waals surface area contributed by atoms with E-state index in [0.717, 1.165) is 29.6 Å². The largest absolute Gasteiger partial charge is 0.329 e. The maximum atomic E-state index is 12.6. The van der Waals surface area contributed by atoms with Gasteiger partial charge in [0.25, 0.3) is 0 Å². The van der Waals surface area contributed by atoms with Crippen LogP contribution >= 0.6 is 0 Å². The number of fused-ring (bicyclic) bond motifs is 1. The van der Waals surface area contributed by atoms with E-state index in [9.17, 15) is 4.79 Å². The summed E-state index contributed by atoms with van der Waals surface area (Å²) < 4.78 is 3.70. The number of allylic oxidation sites excluding steroid dienone is 1. The molecule has 0 radical (unpaired) electrons. The monoisotopic (exact) mass is 292 g/mol. The second-order valence-electron chi connectivity index (χ2n) is 5.35. The Kier molecular flexibility index (Phi) is 4.24. The topological polar surface area (TPSA) is 26.9 Å². The summed E-state index contributed by atoms with van der Waals surface area (Å²) >= 11 is 0. The van der Waals surface area contributed by atoms with Gasteiger partial charge in [0.15, 0.2) is 0 Å². The van der Waals surface area contributed by atoms with Gasteiger partial charge in [-0.15, -0.1) is 0 Å². The maximum Gasteiger partial charge on any atom is 0.329 e. The molecule has 0 aliphatic heterocycles. The van der Waals surface area contributed by atoms with Gasteiger partial charge in [-0.05, 0) is 24.1 Å². The summed E-state index contributed by atoms with van der Waals surface area (Å²) in [7, 11) is 0. The molecule has 3 heteroatoms. The van der Waals surface area contributed by atoms with Crippen molar-refractivity contribution >= 4 is 17.1 Å². The van der Waals surface area contributed by atoms with Crippen molar-refractivity contribution in [2.75, 3.05) is 0 Å². The smallest absolute Gasteiger partial charge is 0.292 e. The van der Waals surface area contributed by atoms with Gasteiger partial charge in [-0.1, -0.05) is 61.5 Å². The molecule has 22 heavy (non-hydrogen) atoms. The minimum Gasteiger partial charge on any atom is -0.292 e. The van der Waals surface area contributed by atoms with E-state index in [1.807, 2.05) is 57.7 Å². The summed E-state index contributed by atoms with van der Waals surface area (Å²) in [5.74, 6) is 0. The number of imidazole rings is 1. The molecular formula is C19H20N2O. The molecule has 0 bridgehead atoms. The fourth-order valence-corrected chi connectivity index (χ4v) is 2.75. The van der Waals surface area contributed by atoms with E-state index in [0.29, 0.717) is 6.54 Å². The molecule has 0 saturated carbocycles. The van der Waals surface area contributed by atoms with Gasteiger partial charge >= 0.3 is 5.69 Å². The first-order valence-corrected chi connectivity index (χ1v) is 7.71. The number of hydrogen-bond donors (Lipinski definition) is 0. The molecule has 0 atom stereocenters. The van der Waals surface area contributed by atoms with Crippen LogP contribution in [0.1, 0.15) is 18.9 Å². The van der Waals surface area contributed by atoms with Gasteiger partial charge in [-0.2, -0.15) is 0 Å². The lowest BCUT2D eigenvalue weighted by Gasteiger charge is -1.98. The van der Waals surface area contributed by atoms with Crippen LogP contribution in [0, 0.1) is 0 Å². The molecule has 0 amide bonds. The lowest BCUT2D eigenvalue weighted by Crippen LogP contribution is -2.23. The summed E-state index contributed by atoms with van der Waals surface area (Å²) in [5.41, 5.74) is 3.23. The standard InChI is InChI=1S/C19H20N2O/c1-2-14-20-17-12-6-7-13-18(17)21(19(20)22)15-8-11-16-9-4-3-5-10-16/h3-13H,2,14-15H2,1H3/b11-8+. The van der Waals surface area contributed by atoms with Gasteiger partial charge in [-0.25, -0.2) is 4.79 Å². The highest BCUT2D eigenvalue weighted by Crippen LogP contribution is 2.13. The van der Waals surface area contributed by atoms with Crippen molar-refractivity contribution < 1.29 is 0 Å². The third-order valence-electron chi connectivity index (χ3n) is 3.77. The van der Waals surface area contributed by atoms with Crippen molar-refractivity contribution in [3.63, 3.8) is 0 Å². The minimum atomic E-state index is 0.0701. The summed E-state index contributed by atoms with van der Waals surface area (Å²) in [5, 5.41) is 0. The predicted octanol–water partition coefficient (Wildman–Crippen LogP) is 3.93. The highest BCUT2D eigenvalue weighted by molar-refractivity contribution is 5.76. The summed E-state index contributed by atoms with van der Waals surface area (Å²) in [6.45, 7) is 3.44. The summed E-state index contributed by atoms with van der Waals surface area (Å²) in [4.78, 5) is 12.6. The normalized spacial score (nSPS) is 11.5. The van der Waals surface area contributed by atoms with E-state index in [2.05, 4.69) is 25.1 Å². The van der Waals surface area contributed by atoms with E-state index in [-0.39, 0.29) is 5.69 Å². The molecule has 0 aliphatic rings. The number of aryl methyl sites for hydroxylation is 1. The Morgan fingerprint density at radius 1 is 0.909 bits per heavy atom. The highest BCUT2D eigenvalue weighted by atomic mass is 16.1. The predicted molar refractivity (Wildman–Crippen MR) is 92.0 cm³/mol. The summed E-state index contributed by atoms with van der Waals surface area (Å²) in [6.07, 6.45) is 5.05. The van der Waals surface area contributed by atoms with Crippen molar-refractivity contribution in [2.45, 2.75) is 26.4 Å². The fraction of sp³-hybridized carbons (Fsp3) is 0.211. The van der Waals surface area contributed by atoms with E-state index >= 15 is 0 Å². The molecule has 3 rings (SSSR count). The Balaban J connectivity index is 1.95. The molecule has 0 N–H and O–H groups in total. The second-order valence-corrected chi connectivity index (χ2v) is 5.35. The van der Waals surface area contributed by atoms with Crippen molar-refractivity contribution in [3.8, 4) is 0 Å². The molecular weight excluding hydrogens is 272 g/mol. The zero-order chi connectivity index (χ0) is 15.4. The molecule has 1 aromatic heterocycles. The van der Waals surface area contributed by atoms with E-state index in [1.54, 1.807) is 0 Å². The number of para-hydroxylation sites is 2. The highest BCUT2D eigenvalue weighted by Gasteiger charge is 2.10. The van der Waals surface area contributed by atoms with Gasteiger partial charge in [0.1, 0.15) is 0 Å². The molecule has 0 fully saturated rings. The molecule has 3 nitrogen and oxygen atoms in total. The Bertz CT molecular complexity index is 841. The van der Waals surface area contributed by atoms with Gasteiger partial charge < -0.3 is 0 Å². The van der Waals surface area contributed by atoms with Gasteiger partial charge in [0.2, 0.25) is 0 Å². The van der Waals surface area contributed by atoms with Gasteiger partial charge in [-0.3, -0.25) is 9.13 Å². The van der Waals surface area contributed by atoms with E-state index in [1.165, 1.54) is 0 Å². The third kappa shape index (κ3) is 2.75. The second kappa shape index (κ2) is 6.48. The van der Waals surface area contributed by atoms with Crippen LogP contribution in [-0.2, 0) is 13.1 Å². The lowest BCUT2D eigenvalue weighted by molar-refractivity contribution is 0.642. The fourth-order valence-electron chi connectivity index (χ4n) is 2.75. The molecule has 3 aromatic rings. The van der Waals surface area contributed by atoms with Crippen LogP contribution in [0.3, 0.4) is 0 Å². The zero-order valence-electron chi connectivity index (χ0n) is 12.8. The SMILES string of the molecule is CCCn1c(=O)n(C/C=C/c2ccccc2)c2ccccc21. The van der Waals surface area contributed by atoms with Crippen LogP contribution < -0.4 is 5.69 Å². The van der Waals surface area contributed by atoms with Crippen molar-refractivity contribution in [3.05, 3.63) is 76.7 Å². The average Bonchev–Trinajstić information content (AvgIpc) is 2.82. The third-order valence-corrected chi connectivity index (χ3v) is 3.77. The average molecular weight is 292 g/mol. The zero-order valence-corrected chi connectivity index (χ0v) is 12.8. The van der Waals surface area contributed by atoms with Crippen LogP contribution in [0.2, 0.25) is 0 Å². The number of aromatic nitrogens is 2. The van der Waals surface area contributed by atoms with Crippen LogP contribution in [-0.4, -0.2) is 9.13 Å². The first kappa shape index (κ1) is 14.4. The number of nitrogens with zero attached hydrogens (tertiary/aromatic N) is 2. The number of benzene rings is 2. The van der Waals surface area contributed by atoms with Crippen LogP contribution in [0.4, 0.5) is 0 Å². The molecule has 0 unspecified atom stereocenters. The lowest BCUT2D eigenvalue weighted by atomic mass is 10.2. The molecule has 1 heterocycles. The Morgan fingerprint density at radius 3 is 2.23 bits per heavy atom. The molecule has 2 aromatic carbocycles. The van der Waals surface area contributed by atoms with E-state index < -0.39 is 0 Å².